The minimum absolute atomic E-state index is 0.798. The summed E-state index contributed by atoms with van der Waals surface area (Å²) in [5.41, 5.74) is 3.57. The van der Waals surface area contributed by atoms with Gasteiger partial charge >= 0.3 is 0 Å². The molecule has 1 aliphatic rings. The fourth-order valence-corrected chi connectivity index (χ4v) is 2.81. The number of aryl methyl sites for hydroxylation is 1. The molecular formula is C13H16ClN3. The van der Waals surface area contributed by atoms with Crippen LogP contribution in [0.1, 0.15) is 5.69 Å². The van der Waals surface area contributed by atoms with Crippen LogP contribution < -0.4 is 10.2 Å². The van der Waals surface area contributed by atoms with Crippen molar-refractivity contribution in [1.29, 1.82) is 0 Å². The van der Waals surface area contributed by atoms with Crippen molar-refractivity contribution in [2.24, 2.45) is 0 Å². The standard InChI is InChI=1S/C13H16ClN3/c1-9-13(17-7-5-15-6-8-17)10-3-2-4-11(14)12(10)16-9/h2-4,15-16H,5-8H2,1H3. The molecule has 0 radical (unpaired) electrons. The maximum absolute atomic E-state index is 6.22. The van der Waals surface area contributed by atoms with Gasteiger partial charge in [-0.05, 0) is 13.0 Å². The maximum atomic E-state index is 6.22. The van der Waals surface area contributed by atoms with Crippen molar-refractivity contribution < 1.29 is 0 Å². The van der Waals surface area contributed by atoms with Crippen molar-refractivity contribution in [3.63, 3.8) is 0 Å². The maximum Gasteiger partial charge on any atom is 0.0666 e. The third kappa shape index (κ3) is 1.79. The summed E-state index contributed by atoms with van der Waals surface area (Å²) >= 11 is 6.22. The summed E-state index contributed by atoms with van der Waals surface area (Å²) in [5, 5.41) is 5.41. The molecule has 1 aliphatic heterocycles. The summed E-state index contributed by atoms with van der Waals surface area (Å²) in [5.74, 6) is 0. The predicted molar refractivity (Wildman–Crippen MR) is 73.1 cm³/mol. The Hall–Kier alpha value is -1.19. The number of halogens is 1. The van der Waals surface area contributed by atoms with Gasteiger partial charge in [0.05, 0.1) is 16.2 Å². The van der Waals surface area contributed by atoms with Crippen LogP contribution in [0.25, 0.3) is 10.9 Å². The lowest BCUT2D eigenvalue weighted by Crippen LogP contribution is -2.43. The lowest BCUT2D eigenvalue weighted by molar-refractivity contribution is 0.589. The smallest absolute Gasteiger partial charge is 0.0666 e. The molecule has 0 saturated carbocycles. The molecule has 0 spiro atoms. The Labute approximate surface area is 106 Å². The van der Waals surface area contributed by atoms with Crippen LogP contribution in [0.4, 0.5) is 5.69 Å². The Morgan fingerprint density at radius 3 is 2.76 bits per heavy atom. The number of piperazine rings is 1. The summed E-state index contributed by atoms with van der Waals surface area (Å²) in [6.07, 6.45) is 0. The minimum atomic E-state index is 0.798. The zero-order valence-electron chi connectivity index (χ0n) is 9.89. The van der Waals surface area contributed by atoms with E-state index in [0.29, 0.717) is 0 Å². The topological polar surface area (TPSA) is 31.1 Å². The Balaban J connectivity index is 2.14. The number of nitrogens with one attached hydrogen (secondary N) is 2. The number of nitrogens with zero attached hydrogens (tertiary/aromatic N) is 1. The first-order valence-corrected chi connectivity index (χ1v) is 6.37. The van der Waals surface area contributed by atoms with E-state index in [1.54, 1.807) is 0 Å². The zero-order valence-corrected chi connectivity index (χ0v) is 10.6. The van der Waals surface area contributed by atoms with Crippen molar-refractivity contribution in [2.75, 3.05) is 31.1 Å². The second-order valence-electron chi connectivity index (χ2n) is 4.50. The Morgan fingerprint density at radius 1 is 1.24 bits per heavy atom. The molecule has 1 aromatic carbocycles. The fraction of sp³-hybridized carbons (Fsp3) is 0.385. The molecular weight excluding hydrogens is 234 g/mol. The van der Waals surface area contributed by atoms with Crippen LogP contribution in [0.3, 0.4) is 0 Å². The van der Waals surface area contributed by atoms with Crippen LogP contribution in [-0.2, 0) is 0 Å². The van der Waals surface area contributed by atoms with Gasteiger partial charge in [0.25, 0.3) is 0 Å². The number of rotatable bonds is 1. The number of fused-ring (bicyclic) bond motifs is 1. The highest BCUT2D eigenvalue weighted by molar-refractivity contribution is 6.35. The molecule has 2 aromatic rings. The summed E-state index contributed by atoms with van der Waals surface area (Å²) in [7, 11) is 0. The number of H-pyrrole nitrogens is 1. The lowest BCUT2D eigenvalue weighted by atomic mass is 10.2. The van der Waals surface area contributed by atoms with Crippen LogP contribution in [0.15, 0.2) is 18.2 Å². The zero-order chi connectivity index (χ0) is 11.8. The monoisotopic (exact) mass is 249 g/mol. The van der Waals surface area contributed by atoms with E-state index in [-0.39, 0.29) is 0 Å². The normalized spacial score (nSPS) is 16.7. The van der Waals surface area contributed by atoms with E-state index in [4.69, 9.17) is 11.6 Å². The number of aromatic nitrogens is 1. The molecule has 90 valence electrons. The average molecular weight is 250 g/mol. The quantitative estimate of drug-likeness (QED) is 0.814. The fourth-order valence-electron chi connectivity index (χ4n) is 2.59. The van der Waals surface area contributed by atoms with Gasteiger partial charge in [-0.15, -0.1) is 0 Å². The highest BCUT2D eigenvalue weighted by Crippen LogP contribution is 2.34. The number of hydrogen-bond acceptors (Lipinski definition) is 2. The van der Waals surface area contributed by atoms with E-state index in [1.807, 2.05) is 12.1 Å². The van der Waals surface area contributed by atoms with E-state index < -0.39 is 0 Å². The molecule has 4 heteroatoms. The largest absolute Gasteiger partial charge is 0.367 e. The van der Waals surface area contributed by atoms with Crippen LogP contribution >= 0.6 is 11.6 Å². The third-order valence-electron chi connectivity index (χ3n) is 3.37. The minimum Gasteiger partial charge on any atom is -0.367 e. The molecule has 2 heterocycles. The van der Waals surface area contributed by atoms with E-state index >= 15 is 0 Å². The lowest BCUT2D eigenvalue weighted by Gasteiger charge is -2.29. The Morgan fingerprint density at radius 2 is 2.00 bits per heavy atom. The van der Waals surface area contributed by atoms with Gasteiger partial charge < -0.3 is 15.2 Å². The molecule has 2 N–H and O–H groups in total. The summed E-state index contributed by atoms with van der Waals surface area (Å²) in [6, 6.07) is 6.09. The summed E-state index contributed by atoms with van der Waals surface area (Å²) in [6.45, 7) is 6.33. The van der Waals surface area contributed by atoms with Crippen LogP contribution in [0, 0.1) is 6.92 Å². The second-order valence-corrected chi connectivity index (χ2v) is 4.91. The van der Waals surface area contributed by atoms with Crippen molar-refractivity contribution >= 4 is 28.2 Å². The third-order valence-corrected chi connectivity index (χ3v) is 3.68. The van der Waals surface area contributed by atoms with Crippen molar-refractivity contribution in [3.05, 3.63) is 28.9 Å². The van der Waals surface area contributed by atoms with Crippen LogP contribution in [0.5, 0.6) is 0 Å². The van der Waals surface area contributed by atoms with Crippen molar-refractivity contribution in [3.8, 4) is 0 Å². The number of aromatic amines is 1. The second kappa shape index (κ2) is 4.24. The van der Waals surface area contributed by atoms with E-state index in [1.165, 1.54) is 16.8 Å². The molecule has 0 atom stereocenters. The summed E-state index contributed by atoms with van der Waals surface area (Å²) < 4.78 is 0. The number of hydrogen-bond donors (Lipinski definition) is 2. The van der Waals surface area contributed by atoms with Gasteiger partial charge in [-0.25, -0.2) is 0 Å². The van der Waals surface area contributed by atoms with Crippen LogP contribution in [0.2, 0.25) is 5.02 Å². The number of anilines is 1. The van der Waals surface area contributed by atoms with Gasteiger partial charge in [-0.1, -0.05) is 23.7 Å². The molecule has 0 aliphatic carbocycles. The highest BCUT2D eigenvalue weighted by Gasteiger charge is 2.18. The number of para-hydroxylation sites is 1. The summed E-state index contributed by atoms with van der Waals surface area (Å²) in [4.78, 5) is 5.83. The van der Waals surface area contributed by atoms with Crippen LogP contribution in [-0.4, -0.2) is 31.2 Å². The molecule has 0 amide bonds. The molecule has 0 unspecified atom stereocenters. The molecule has 17 heavy (non-hydrogen) atoms. The van der Waals surface area contributed by atoms with Gasteiger partial charge in [0.15, 0.2) is 0 Å². The molecule has 0 bridgehead atoms. The predicted octanol–water partition coefficient (Wildman–Crippen LogP) is 2.54. The highest BCUT2D eigenvalue weighted by atomic mass is 35.5. The van der Waals surface area contributed by atoms with E-state index in [0.717, 1.165) is 36.7 Å². The first kappa shape index (κ1) is 10.9. The molecule has 1 saturated heterocycles. The first-order chi connectivity index (χ1) is 8.27. The van der Waals surface area contributed by atoms with Gasteiger partial charge in [-0.3, -0.25) is 0 Å². The Bertz CT molecular complexity index is 541. The van der Waals surface area contributed by atoms with Gasteiger partial charge in [-0.2, -0.15) is 0 Å². The average Bonchev–Trinajstić information content (AvgIpc) is 2.68. The molecule has 3 nitrogen and oxygen atoms in total. The SMILES string of the molecule is Cc1[nH]c2c(Cl)cccc2c1N1CCNCC1. The van der Waals surface area contributed by atoms with Gasteiger partial charge in [0.1, 0.15) is 0 Å². The molecule has 3 rings (SSSR count). The molecule has 1 fully saturated rings. The van der Waals surface area contributed by atoms with Gasteiger partial charge in [0.2, 0.25) is 0 Å². The van der Waals surface area contributed by atoms with E-state index in [2.05, 4.69) is 28.2 Å². The molecule has 1 aromatic heterocycles. The first-order valence-electron chi connectivity index (χ1n) is 6.00. The Kier molecular flexibility index (Phi) is 2.73. The van der Waals surface area contributed by atoms with Crippen molar-refractivity contribution in [2.45, 2.75) is 6.92 Å². The van der Waals surface area contributed by atoms with E-state index in [9.17, 15) is 0 Å². The van der Waals surface area contributed by atoms with Gasteiger partial charge in [0, 0.05) is 37.3 Å². The number of benzene rings is 1. The van der Waals surface area contributed by atoms with Crippen molar-refractivity contribution in [1.82, 2.24) is 10.3 Å².